The van der Waals surface area contributed by atoms with Gasteiger partial charge in [-0.25, -0.2) is 0 Å². The minimum absolute atomic E-state index is 0.231. The lowest BCUT2D eigenvalue weighted by molar-refractivity contribution is 0.131. The molecule has 0 amide bonds. The topological polar surface area (TPSA) is 9.23 Å². The average molecular weight is 317 g/mol. The van der Waals surface area contributed by atoms with E-state index in [1.165, 1.54) is 0 Å². The third-order valence-electron chi connectivity index (χ3n) is 1.60. The minimum Gasteiger partial charge on any atom is -0.381 e. The van der Waals surface area contributed by atoms with Gasteiger partial charge in [0.2, 0.25) is 0 Å². The molecule has 0 aliphatic heterocycles. The van der Waals surface area contributed by atoms with Crippen LogP contribution in [0, 0.1) is 0 Å². The fourth-order valence-corrected chi connectivity index (χ4v) is 2.13. The fourth-order valence-electron chi connectivity index (χ4n) is 0.996. The normalized spacial score (nSPS) is 12.8. The molecule has 0 bridgehead atoms. The Morgan fingerprint density at radius 3 is 2.77 bits per heavy atom. The van der Waals surface area contributed by atoms with Gasteiger partial charge in [0, 0.05) is 18.6 Å². The number of allylic oxidation sites excluding steroid dienone is 1. The molecule has 0 aromatic heterocycles. The quantitative estimate of drug-likeness (QED) is 0.371. The maximum absolute atomic E-state index is 6.07. The van der Waals surface area contributed by atoms with Crippen molar-refractivity contribution in [1.29, 1.82) is 0 Å². The SMILES string of the molecule is C=C(I)C[C@H](Cl)CCCOCCC. The van der Waals surface area contributed by atoms with Gasteiger partial charge in [0.1, 0.15) is 0 Å². The molecule has 0 aliphatic rings. The minimum atomic E-state index is 0.231. The number of hydrogen-bond acceptors (Lipinski definition) is 1. The molecule has 13 heavy (non-hydrogen) atoms. The van der Waals surface area contributed by atoms with Gasteiger partial charge in [-0.15, -0.1) is 11.6 Å². The Morgan fingerprint density at radius 1 is 1.54 bits per heavy atom. The van der Waals surface area contributed by atoms with Gasteiger partial charge in [-0.05, 0) is 51.9 Å². The molecule has 0 saturated heterocycles. The van der Waals surface area contributed by atoms with Crippen molar-refractivity contribution in [2.75, 3.05) is 13.2 Å². The predicted molar refractivity (Wildman–Crippen MR) is 67.8 cm³/mol. The van der Waals surface area contributed by atoms with Crippen molar-refractivity contribution >= 4 is 34.2 Å². The van der Waals surface area contributed by atoms with E-state index in [1.807, 2.05) is 0 Å². The summed E-state index contributed by atoms with van der Waals surface area (Å²) in [7, 11) is 0. The largest absolute Gasteiger partial charge is 0.381 e. The lowest BCUT2D eigenvalue weighted by Gasteiger charge is -2.08. The summed E-state index contributed by atoms with van der Waals surface area (Å²) < 4.78 is 6.49. The summed E-state index contributed by atoms with van der Waals surface area (Å²) in [6, 6.07) is 0. The first-order valence-corrected chi connectivity index (χ1v) is 6.23. The predicted octanol–water partition coefficient (Wildman–Crippen LogP) is 4.14. The molecule has 0 saturated carbocycles. The van der Waals surface area contributed by atoms with Crippen molar-refractivity contribution in [3.8, 4) is 0 Å². The first-order chi connectivity index (χ1) is 6.16. The van der Waals surface area contributed by atoms with Gasteiger partial charge >= 0.3 is 0 Å². The first kappa shape index (κ1) is 13.7. The Hall–Kier alpha value is 0.720. The zero-order valence-corrected chi connectivity index (χ0v) is 11.1. The van der Waals surface area contributed by atoms with Gasteiger partial charge in [0.25, 0.3) is 0 Å². The molecule has 0 rings (SSSR count). The van der Waals surface area contributed by atoms with E-state index >= 15 is 0 Å². The summed E-state index contributed by atoms with van der Waals surface area (Å²) in [4.78, 5) is 0. The van der Waals surface area contributed by atoms with Crippen LogP contribution in [0.1, 0.15) is 32.6 Å². The Balaban J connectivity index is 3.17. The lowest BCUT2D eigenvalue weighted by atomic mass is 10.2. The molecule has 1 atom stereocenters. The summed E-state index contributed by atoms with van der Waals surface area (Å²) in [5.41, 5.74) is 0. The van der Waals surface area contributed by atoms with Crippen molar-refractivity contribution in [3.63, 3.8) is 0 Å². The van der Waals surface area contributed by atoms with Gasteiger partial charge in [0.05, 0.1) is 0 Å². The van der Waals surface area contributed by atoms with Crippen LogP contribution in [0.5, 0.6) is 0 Å². The van der Waals surface area contributed by atoms with Crippen molar-refractivity contribution in [3.05, 3.63) is 10.2 Å². The number of halogens is 2. The van der Waals surface area contributed by atoms with Crippen molar-refractivity contribution < 1.29 is 4.74 Å². The van der Waals surface area contributed by atoms with Gasteiger partial charge in [0.15, 0.2) is 0 Å². The van der Waals surface area contributed by atoms with E-state index < -0.39 is 0 Å². The van der Waals surface area contributed by atoms with E-state index in [0.717, 1.165) is 42.5 Å². The van der Waals surface area contributed by atoms with Crippen LogP contribution in [0.3, 0.4) is 0 Å². The second-order valence-electron chi connectivity index (χ2n) is 3.07. The molecule has 0 aliphatic carbocycles. The van der Waals surface area contributed by atoms with E-state index in [9.17, 15) is 0 Å². The molecule has 0 aromatic rings. The molecular formula is C10H18ClIO. The lowest BCUT2D eigenvalue weighted by Crippen LogP contribution is -2.02. The Kier molecular flexibility index (Phi) is 9.80. The standard InChI is InChI=1S/C10H18ClIO/c1-3-6-13-7-4-5-10(11)8-9(2)12/h10H,2-8H2,1H3/t10-/m1/s1. The van der Waals surface area contributed by atoms with Crippen LogP contribution in [0.2, 0.25) is 0 Å². The van der Waals surface area contributed by atoms with Crippen LogP contribution in [-0.2, 0) is 4.74 Å². The number of ether oxygens (including phenoxy) is 1. The van der Waals surface area contributed by atoms with Crippen LogP contribution >= 0.6 is 34.2 Å². The van der Waals surface area contributed by atoms with Gasteiger partial charge in [-0.2, -0.15) is 0 Å². The van der Waals surface area contributed by atoms with E-state index in [1.54, 1.807) is 0 Å². The highest BCUT2D eigenvalue weighted by Crippen LogP contribution is 2.18. The first-order valence-electron chi connectivity index (χ1n) is 4.72. The highest BCUT2D eigenvalue weighted by Gasteiger charge is 2.04. The van der Waals surface area contributed by atoms with Crippen LogP contribution in [0.15, 0.2) is 10.2 Å². The smallest absolute Gasteiger partial charge is 0.0466 e. The second kappa shape index (κ2) is 9.28. The highest BCUT2D eigenvalue weighted by atomic mass is 127. The molecule has 3 heteroatoms. The number of rotatable bonds is 8. The van der Waals surface area contributed by atoms with Crippen molar-refractivity contribution in [1.82, 2.24) is 0 Å². The third kappa shape index (κ3) is 10.6. The second-order valence-corrected chi connectivity index (χ2v) is 5.22. The van der Waals surface area contributed by atoms with Crippen LogP contribution in [0.4, 0.5) is 0 Å². The fraction of sp³-hybridized carbons (Fsp3) is 0.800. The monoisotopic (exact) mass is 316 g/mol. The van der Waals surface area contributed by atoms with Crippen LogP contribution in [-0.4, -0.2) is 18.6 Å². The molecule has 0 N–H and O–H groups in total. The molecule has 0 fully saturated rings. The maximum Gasteiger partial charge on any atom is 0.0466 e. The molecule has 1 nitrogen and oxygen atoms in total. The van der Waals surface area contributed by atoms with E-state index in [4.69, 9.17) is 16.3 Å². The molecule has 0 radical (unpaired) electrons. The summed E-state index contributed by atoms with van der Waals surface area (Å²) >= 11 is 8.29. The van der Waals surface area contributed by atoms with Gasteiger partial charge < -0.3 is 4.74 Å². The van der Waals surface area contributed by atoms with E-state index in [0.29, 0.717) is 0 Å². The maximum atomic E-state index is 6.07. The summed E-state index contributed by atoms with van der Waals surface area (Å²) in [6.07, 6.45) is 4.08. The zero-order chi connectivity index (χ0) is 10.1. The molecule has 0 spiro atoms. The van der Waals surface area contributed by atoms with Crippen LogP contribution in [0.25, 0.3) is 0 Å². The van der Waals surface area contributed by atoms with Crippen molar-refractivity contribution in [2.45, 2.75) is 38.0 Å². The Bertz CT molecular complexity index is 139. The Labute approximate surface area is 100 Å². The Morgan fingerprint density at radius 2 is 2.23 bits per heavy atom. The molecule has 78 valence electrons. The molecule has 0 heterocycles. The van der Waals surface area contributed by atoms with Gasteiger partial charge in [-0.1, -0.05) is 13.5 Å². The highest BCUT2D eigenvalue weighted by molar-refractivity contribution is 14.1. The summed E-state index contributed by atoms with van der Waals surface area (Å²) in [5.74, 6) is 0. The van der Waals surface area contributed by atoms with Crippen LogP contribution < -0.4 is 0 Å². The average Bonchev–Trinajstić information content (AvgIpc) is 2.02. The number of alkyl halides is 1. The molecule has 0 unspecified atom stereocenters. The van der Waals surface area contributed by atoms with Gasteiger partial charge in [-0.3, -0.25) is 0 Å². The van der Waals surface area contributed by atoms with E-state index in [2.05, 4.69) is 36.1 Å². The molecule has 0 aromatic carbocycles. The summed E-state index contributed by atoms with van der Waals surface area (Å²) in [6.45, 7) is 7.64. The van der Waals surface area contributed by atoms with Crippen molar-refractivity contribution in [2.24, 2.45) is 0 Å². The molecular weight excluding hydrogens is 298 g/mol. The summed E-state index contributed by atoms with van der Waals surface area (Å²) in [5, 5.41) is 0.231. The van der Waals surface area contributed by atoms with E-state index in [-0.39, 0.29) is 5.38 Å². The number of hydrogen-bond donors (Lipinski definition) is 0. The third-order valence-corrected chi connectivity index (χ3v) is 2.41. The zero-order valence-electron chi connectivity index (χ0n) is 8.19.